The molecule has 6 rings (SSSR count). The van der Waals surface area contributed by atoms with Crippen LogP contribution in [0.4, 0.5) is 11.5 Å². The zero-order valence-corrected chi connectivity index (χ0v) is 21.2. The van der Waals surface area contributed by atoms with Crippen LogP contribution in [0.3, 0.4) is 0 Å². The van der Waals surface area contributed by atoms with E-state index in [0.29, 0.717) is 62.2 Å². The average molecular weight is 506 g/mol. The monoisotopic (exact) mass is 505 g/mol. The minimum atomic E-state index is -3.38. The summed E-state index contributed by atoms with van der Waals surface area (Å²) in [6.07, 6.45) is 8.47. The standard InChI is InChI=1S/C27H31N5O3S/c28-17-21-15-23(32-9-1-2-14-36(32,34)35)7-8-24(21)27(33)31-12-10-30(11-13-31)26-25(20-5-6-20)16-22(18-29-26)19-3-4-19/h7-8,15-16,18-20H,1-6,9-14H2. The minimum Gasteiger partial charge on any atom is -0.353 e. The first-order valence-corrected chi connectivity index (χ1v) is 14.6. The third kappa shape index (κ3) is 4.43. The van der Waals surface area contributed by atoms with Gasteiger partial charge in [0, 0.05) is 38.9 Å². The van der Waals surface area contributed by atoms with E-state index in [-0.39, 0.29) is 17.2 Å². The minimum absolute atomic E-state index is 0.112. The maximum absolute atomic E-state index is 13.4. The Hall–Kier alpha value is -3.12. The Labute approximate surface area is 212 Å². The summed E-state index contributed by atoms with van der Waals surface area (Å²) in [4.78, 5) is 22.3. The molecule has 0 N–H and O–H groups in total. The average Bonchev–Trinajstić information content (AvgIpc) is 3.81. The van der Waals surface area contributed by atoms with Gasteiger partial charge < -0.3 is 9.80 Å². The summed E-state index contributed by atoms with van der Waals surface area (Å²) in [7, 11) is -3.38. The number of rotatable bonds is 5. The number of nitrogens with zero attached hydrogens (tertiary/aromatic N) is 5. The van der Waals surface area contributed by atoms with Gasteiger partial charge in [0.1, 0.15) is 11.9 Å². The van der Waals surface area contributed by atoms with Gasteiger partial charge in [-0.1, -0.05) is 6.07 Å². The highest BCUT2D eigenvalue weighted by atomic mass is 32.2. The molecule has 0 unspecified atom stereocenters. The third-order valence-electron chi connectivity index (χ3n) is 7.84. The highest BCUT2D eigenvalue weighted by Crippen LogP contribution is 2.47. The number of carbonyl (C=O) groups is 1. The lowest BCUT2D eigenvalue weighted by Crippen LogP contribution is -2.49. The summed E-state index contributed by atoms with van der Waals surface area (Å²) < 4.78 is 26.3. The van der Waals surface area contributed by atoms with Crippen LogP contribution in [0.2, 0.25) is 0 Å². The van der Waals surface area contributed by atoms with Crippen LogP contribution in [0.1, 0.15) is 77.4 Å². The van der Waals surface area contributed by atoms with Gasteiger partial charge in [-0.3, -0.25) is 9.10 Å². The molecule has 2 saturated heterocycles. The van der Waals surface area contributed by atoms with Gasteiger partial charge in [0.25, 0.3) is 5.91 Å². The van der Waals surface area contributed by atoms with E-state index in [1.54, 1.807) is 23.1 Å². The van der Waals surface area contributed by atoms with Crippen molar-refractivity contribution in [2.45, 2.75) is 50.4 Å². The van der Waals surface area contributed by atoms with Crippen molar-refractivity contribution in [2.75, 3.05) is 47.7 Å². The van der Waals surface area contributed by atoms with Crippen molar-refractivity contribution in [1.82, 2.24) is 9.88 Å². The number of amides is 1. The highest BCUT2D eigenvalue weighted by molar-refractivity contribution is 7.92. The van der Waals surface area contributed by atoms with E-state index in [1.165, 1.54) is 41.1 Å². The fourth-order valence-corrected chi connectivity index (χ4v) is 7.06. The zero-order valence-electron chi connectivity index (χ0n) is 20.4. The number of hydrogen-bond donors (Lipinski definition) is 0. The molecule has 2 aliphatic heterocycles. The van der Waals surface area contributed by atoms with Gasteiger partial charge in [0.15, 0.2) is 0 Å². The van der Waals surface area contributed by atoms with Gasteiger partial charge in [0.05, 0.1) is 22.6 Å². The van der Waals surface area contributed by atoms with Crippen LogP contribution in [-0.4, -0.2) is 62.7 Å². The van der Waals surface area contributed by atoms with Crippen LogP contribution >= 0.6 is 0 Å². The molecule has 0 radical (unpaired) electrons. The normalized spacial score (nSPS) is 21.8. The Balaban J connectivity index is 1.17. The SMILES string of the molecule is N#Cc1cc(N2CCCCS2(=O)=O)ccc1C(=O)N1CCN(c2ncc(C3CC3)cc2C2CC2)CC1. The number of nitriles is 1. The summed E-state index contributed by atoms with van der Waals surface area (Å²) in [5.74, 6) is 2.30. The second-order valence-electron chi connectivity index (χ2n) is 10.4. The predicted octanol–water partition coefficient (Wildman–Crippen LogP) is 3.60. The topological polar surface area (TPSA) is 97.6 Å². The largest absolute Gasteiger partial charge is 0.353 e. The molecule has 188 valence electrons. The number of anilines is 2. The van der Waals surface area contributed by atoms with Crippen molar-refractivity contribution in [3.63, 3.8) is 0 Å². The molecule has 4 fully saturated rings. The first kappa shape index (κ1) is 23.3. The molecule has 1 aromatic carbocycles. The van der Waals surface area contributed by atoms with Crippen molar-refractivity contribution in [3.05, 3.63) is 52.7 Å². The van der Waals surface area contributed by atoms with E-state index in [1.807, 2.05) is 6.20 Å². The Bertz CT molecular complexity index is 1340. The second kappa shape index (κ2) is 9.07. The Kier molecular flexibility index (Phi) is 5.87. The number of pyridine rings is 1. The summed E-state index contributed by atoms with van der Waals surface area (Å²) >= 11 is 0. The van der Waals surface area contributed by atoms with Crippen molar-refractivity contribution < 1.29 is 13.2 Å². The van der Waals surface area contributed by atoms with E-state index in [0.717, 1.165) is 12.2 Å². The fourth-order valence-electron chi connectivity index (χ4n) is 5.43. The number of piperazine rings is 1. The van der Waals surface area contributed by atoms with E-state index in [4.69, 9.17) is 4.98 Å². The molecule has 9 heteroatoms. The van der Waals surface area contributed by atoms with Crippen LogP contribution < -0.4 is 9.21 Å². The lowest BCUT2D eigenvalue weighted by atomic mass is 10.0. The number of hydrogen-bond acceptors (Lipinski definition) is 6. The van der Waals surface area contributed by atoms with Gasteiger partial charge in [-0.05, 0) is 79.7 Å². The van der Waals surface area contributed by atoms with Crippen molar-refractivity contribution in [2.24, 2.45) is 0 Å². The van der Waals surface area contributed by atoms with Crippen molar-refractivity contribution in [3.8, 4) is 6.07 Å². The van der Waals surface area contributed by atoms with Gasteiger partial charge >= 0.3 is 0 Å². The third-order valence-corrected chi connectivity index (χ3v) is 9.71. The summed E-state index contributed by atoms with van der Waals surface area (Å²) in [6.45, 7) is 2.92. The Morgan fingerprint density at radius 3 is 2.39 bits per heavy atom. The molecule has 0 bridgehead atoms. The molecular weight excluding hydrogens is 474 g/mol. The van der Waals surface area contributed by atoms with Gasteiger partial charge in [-0.25, -0.2) is 13.4 Å². The Morgan fingerprint density at radius 2 is 1.72 bits per heavy atom. The van der Waals surface area contributed by atoms with E-state index >= 15 is 0 Å². The molecule has 36 heavy (non-hydrogen) atoms. The zero-order chi connectivity index (χ0) is 24.9. The number of benzene rings is 1. The molecule has 0 spiro atoms. The summed E-state index contributed by atoms with van der Waals surface area (Å²) in [6, 6.07) is 9.29. The van der Waals surface area contributed by atoms with Crippen LogP contribution in [-0.2, 0) is 10.0 Å². The maximum atomic E-state index is 13.4. The van der Waals surface area contributed by atoms with E-state index in [2.05, 4.69) is 17.0 Å². The highest BCUT2D eigenvalue weighted by Gasteiger charge is 2.33. The molecule has 3 heterocycles. The van der Waals surface area contributed by atoms with Crippen molar-refractivity contribution in [1.29, 1.82) is 5.26 Å². The smallest absolute Gasteiger partial charge is 0.255 e. The number of carbonyl (C=O) groups excluding carboxylic acids is 1. The van der Waals surface area contributed by atoms with Crippen LogP contribution in [0.5, 0.6) is 0 Å². The molecule has 4 aliphatic rings. The fraction of sp³-hybridized carbons (Fsp3) is 0.519. The molecule has 2 saturated carbocycles. The summed E-state index contributed by atoms with van der Waals surface area (Å²) in [5.41, 5.74) is 3.75. The molecular formula is C27H31N5O3S. The lowest BCUT2D eigenvalue weighted by Gasteiger charge is -2.36. The number of sulfonamides is 1. The Morgan fingerprint density at radius 1 is 0.972 bits per heavy atom. The quantitative estimate of drug-likeness (QED) is 0.616. The maximum Gasteiger partial charge on any atom is 0.255 e. The second-order valence-corrected chi connectivity index (χ2v) is 12.5. The lowest BCUT2D eigenvalue weighted by molar-refractivity contribution is 0.0746. The predicted molar refractivity (Wildman–Crippen MR) is 138 cm³/mol. The van der Waals surface area contributed by atoms with Crippen LogP contribution in [0.25, 0.3) is 0 Å². The number of aromatic nitrogens is 1. The molecule has 2 aliphatic carbocycles. The first-order chi connectivity index (χ1) is 17.4. The summed E-state index contributed by atoms with van der Waals surface area (Å²) in [5, 5.41) is 9.76. The van der Waals surface area contributed by atoms with E-state index in [9.17, 15) is 18.5 Å². The van der Waals surface area contributed by atoms with Gasteiger partial charge in [-0.2, -0.15) is 5.26 Å². The van der Waals surface area contributed by atoms with Gasteiger partial charge in [0.2, 0.25) is 10.0 Å². The molecule has 0 atom stereocenters. The van der Waals surface area contributed by atoms with Crippen LogP contribution in [0, 0.1) is 11.3 Å². The van der Waals surface area contributed by atoms with Crippen LogP contribution in [0.15, 0.2) is 30.5 Å². The molecule has 1 amide bonds. The van der Waals surface area contributed by atoms with Gasteiger partial charge in [-0.15, -0.1) is 0 Å². The molecule has 8 nitrogen and oxygen atoms in total. The molecule has 2 aromatic rings. The van der Waals surface area contributed by atoms with Crippen molar-refractivity contribution >= 4 is 27.4 Å². The van der Waals surface area contributed by atoms with E-state index < -0.39 is 10.0 Å². The molecule has 1 aromatic heterocycles. The first-order valence-electron chi connectivity index (χ1n) is 13.0.